The minimum atomic E-state index is -0.510. The highest BCUT2D eigenvalue weighted by Gasteiger charge is 2.18. The van der Waals surface area contributed by atoms with Crippen LogP contribution in [0.25, 0.3) is 10.9 Å². The smallest absolute Gasteiger partial charge is 0.326 e. The zero-order chi connectivity index (χ0) is 21.8. The monoisotopic (exact) mass is 408 g/mol. The van der Waals surface area contributed by atoms with Crippen molar-refractivity contribution in [2.75, 3.05) is 10.6 Å². The van der Waals surface area contributed by atoms with Gasteiger partial charge in [-0.1, -0.05) is 19.1 Å². The van der Waals surface area contributed by atoms with Crippen LogP contribution in [0.3, 0.4) is 0 Å². The molecule has 30 heavy (non-hydrogen) atoms. The van der Waals surface area contributed by atoms with E-state index in [1.165, 1.54) is 16.1 Å². The summed E-state index contributed by atoms with van der Waals surface area (Å²) in [4.78, 5) is 49.6. The highest BCUT2D eigenvalue weighted by Crippen LogP contribution is 2.14. The molecule has 8 nitrogen and oxygen atoms in total. The zero-order valence-corrected chi connectivity index (χ0v) is 17.1. The van der Waals surface area contributed by atoms with Crippen molar-refractivity contribution in [3.8, 4) is 0 Å². The summed E-state index contributed by atoms with van der Waals surface area (Å²) in [5, 5.41) is 5.79. The number of nitrogens with zero attached hydrogens (tertiary/aromatic N) is 2. The molecule has 2 aromatic carbocycles. The van der Waals surface area contributed by atoms with E-state index in [0.717, 1.165) is 0 Å². The van der Waals surface area contributed by atoms with Gasteiger partial charge in [-0.05, 0) is 49.7 Å². The SMILES string of the molecule is CCC(C)n1c(=O)c2ccccc2n(CC(=O)Nc2ccc(NC(C)=O)cc2)c1=O. The molecule has 0 aliphatic rings. The van der Waals surface area contributed by atoms with E-state index in [0.29, 0.717) is 28.7 Å². The third-order valence-corrected chi connectivity index (χ3v) is 4.90. The Bertz CT molecular complexity index is 1210. The summed E-state index contributed by atoms with van der Waals surface area (Å²) < 4.78 is 2.53. The second kappa shape index (κ2) is 8.77. The van der Waals surface area contributed by atoms with Crippen LogP contribution < -0.4 is 21.9 Å². The third-order valence-electron chi connectivity index (χ3n) is 4.90. The highest BCUT2D eigenvalue weighted by molar-refractivity contribution is 5.92. The average Bonchev–Trinajstić information content (AvgIpc) is 2.72. The molecule has 0 bridgehead atoms. The maximum Gasteiger partial charge on any atom is 0.332 e. The first-order valence-electron chi connectivity index (χ1n) is 9.73. The standard InChI is InChI=1S/C22H24N4O4/c1-4-14(2)26-21(29)18-7-5-6-8-19(18)25(22(26)30)13-20(28)24-17-11-9-16(10-12-17)23-15(3)27/h5-12,14H,4,13H2,1-3H3,(H,23,27)(H,24,28). The molecule has 1 heterocycles. The molecule has 2 N–H and O–H groups in total. The van der Waals surface area contributed by atoms with Gasteiger partial charge in [-0.2, -0.15) is 0 Å². The average molecular weight is 408 g/mol. The second-order valence-corrected chi connectivity index (χ2v) is 7.13. The molecule has 2 amide bonds. The van der Waals surface area contributed by atoms with Crippen molar-refractivity contribution in [3.63, 3.8) is 0 Å². The van der Waals surface area contributed by atoms with Gasteiger partial charge in [0.2, 0.25) is 11.8 Å². The highest BCUT2D eigenvalue weighted by atomic mass is 16.2. The van der Waals surface area contributed by atoms with Gasteiger partial charge in [-0.15, -0.1) is 0 Å². The van der Waals surface area contributed by atoms with Crippen LogP contribution in [0.2, 0.25) is 0 Å². The Labute approximate surface area is 173 Å². The molecule has 1 aromatic heterocycles. The van der Waals surface area contributed by atoms with Crippen LogP contribution in [0.4, 0.5) is 11.4 Å². The van der Waals surface area contributed by atoms with E-state index in [4.69, 9.17) is 0 Å². The van der Waals surface area contributed by atoms with Gasteiger partial charge in [0.05, 0.1) is 10.9 Å². The lowest BCUT2D eigenvalue weighted by molar-refractivity contribution is -0.117. The van der Waals surface area contributed by atoms with E-state index in [1.807, 2.05) is 6.92 Å². The fraction of sp³-hybridized carbons (Fsp3) is 0.273. The largest absolute Gasteiger partial charge is 0.332 e. The maximum absolute atomic E-state index is 13.0. The fourth-order valence-corrected chi connectivity index (χ4v) is 3.25. The van der Waals surface area contributed by atoms with Gasteiger partial charge in [-0.25, -0.2) is 4.79 Å². The molecule has 0 aliphatic carbocycles. The number of fused-ring (bicyclic) bond motifs is 1. The summed E-state index contributed by atoms with van der Waals surface area (Å²) in [5.41, 5.74) is 0.702. The first kappa shape index (κ1) is 21.0. The maximum atomic E-state index is 13.0. The number of amides is 2. The van der Waals surface area contributed by atoms with Crippen LogP contribution in [0.1, 0.15) is 33.2 Å². The number of carbonyl (C=O) groups is 2. The summed E-state index contributed by atoms with van der Waals surface area (Å²) in [6.07, 6.45) is 0.611. The Kier molecular flexibility index (Phi) is 6.15. The van der Waals surface area contributed by atoms with Gasteiger partial charge < -0.3 is 10.6 Å². The van der Waals surface area contributed by atoms with Crippen LogP contribution in [0, 0.1) is 0 Å². The molecule has 0 saturated carbocycles. The molecule has 0 fully saturated rings. The molecule has 8 heteroatoms. The van der Waals surface area contributed by atoms with Gasteiger partial charge in [0.1, 0.15) is 6.54 Å². The summed E-state index contributed by atoms with van der Waals surface area (Å²) in [7, 11) is 0. The minimum absolute atomic E-state index is 0.186. The Hall–Kier alpha value is -3.68. The molecule has 3 aromatic rings. The van der Waals surface area contributed by atoms with Crippen LogP contribution >= 0.6 is 0 Å². The number of nitrogens with one attached hydrogen (secondary N) is 2. The van der Waals surface area contributed by atoms with E-state index in [1.54, 1.807) is 55.5 Å². The predicted octanol–water partition coefficient (Wildman–Crippen LogP) is 2.73. The van der Waals surface area contributed by atoms with Gasteiger partial charge in [0.15, 0.2) is 0 Å². The topological polar surface area (TPSA) is 102 Å². The van der Waals surface area contributed by atoms with E-state index in [-0.39, 0.29) is 24.1 Å². The fourth-order valence-electron chi connectivity index (χ4n) is 3.25. The number of aromatic nitrogens is 2. The van der Waals surface area contributed by atoms with Gasteiger partial charge in [0, 0.05) is 24.3 Å². The number of benzene rings is 2. The minimum Gasteiger partial charge on any atom is -0.326 e. The van der Waals surface area contributed by atoms with Crippen LogP contribution in [0.15, 0.2) is 58.1 Å². The van der Waals surface area contributed by atoms with Crippen molar-refractivity contribution in [3.05, 3.63) is 69.4 Å². The summed E-state index contributed by atoms with van der Waals surface area (Å²) in [6.45, 7) is 4.88. The molecule has 0 spiro atoms. The van der Waals surface area contributed by atoms with E-state index in [2.05, 4.69) is 10.6 Å². The van der Waals surface area contributed by atoms with Gasteiger partial charge >= 0.3 is 5.69 Å². The number of carbonyl (C=O) groups excluding carboxylic acids is 2. The summed E-state index contributed by atoms with van der Waals surface area (Å²) in [5.74, 6) is -0.585. The van der Waals surface area contributed by atoms with E-state index < -0.39 is 11.6 Å². The Morgan fingerprint density at radius 3 is 2.17 bits per heavy atom. The first-order chi connectivity index (χ1) is 14.3. The quantitative estimate of drug-likeness (QED) is 0.655. The van der Waals surface area contributed by atoms with Crippen LogP contribution in [0.5, 0.6) is 0 Å². The first-order valence-corrected chi connectivity index (χ1v) is 9.73. The predicted molar refractivity (Wildman–Crippen MR) is 117 cm³/mol. The van der Waals surface area contributed by atoms with Crippen molar-refractivity contribution < 1.29 is 9.59 Å². The molecule has 1 unspecified atom stereocenters. The Morgan fingerprint density at radius 1 is 0.967 bits per heavy atom. The van der Waals surface area contributed by atoms with Gasteiger partial charge in [-0.3, -0.25) is 23.5 Å². The molecule has 0 radical (unpaired) electrons. The normalized spacial score (nSPS) is 11.8. The molecular formula is C22H24N4O4. The molecule has 0 saturated heterocycles. The van der Waals surface area contributed by atoms with E-state index >= 15 is 0 Å². The molecule has 156 valence electrons. The Balaban J connectivity index is 1.93. The lowest BCUT2D eigenvalue weighted by atomic mass is 10.2. The van der Waals surface area contributed by atoms with Gasteiger partial charge in [0.25, 0.3) is 5.56 Å². The number of para-hydroxylation sites is 1. The van der Waals surface area contributed by atoms with E-state index in [9.17, 15) is 19.2 Å². The zero-order valence-electron chi connectivity index (χ0n) is 17.1. The number of hydrogen-bond acceptors (Lipinski definition) is 4. The molecule has 3 rings (SSSR count). The number of anilines is 2. The lowest BCUT2D eigenvalue weighted by Gasteiger charge is -2.17. The third kappa shape index (κ3) is 4.32. The van der Waals surface area contributed by atoms with Crippen LogP contribution in [-0.2, 0) is 16.1 Å². The molecule has 1 atom stereocenters. The Morgan fingerprint density at radius 2 is 1.57 bits per heavy atom. The molecule has 0 aliphatic heterocycles. The number of hydrogen-bond donors (Lipinski definition) is 2. The van der Waals surface area contributed by atoms with Crippen molar-refractivity contribution >= 4 is 34.1 Å². The van der Waals surface area contributed by atoms with Crippen LogP contribution in [-0.4, -0.2) is 20.9 Å². The second-order valence-electron chi connectivity index (χ2n) is 7.13. The molecular weight excluding hydrogens is 384 g/mol. The summed E-state index contributed by atoms with van der Waals surface area (Å²) in [6, 6.07) is 13.1. The van der Waals surface area contributed by atoms with Crippen molar-refractivity contribution in [2.45, 2.75) is 39.8 Å². The lowest BCUT2D eigenvalue weighted by Crippen LogP contribution is -2.43. The van der Waals surface area contributed by atoms with Crippen molar-refractivity contribution in [2.24, 2.45) is 0 Å². The van der Waals surface area contributed by atoms with Crippen molar-refractivity contribution in [1.29, 1.82) is 0 Å². The van der Waals surface area contributed by atoms with Crippen molar-refractivity contribution in [1.82, 2.24) is 9.13 Å². The summed E-state index contributed by atoms with van der Waals surface area (Å²) >= 11 is 0. The number of rotatable bonds is 6.